The number of benzene rings is 2. The minimum absolute atomic E-state index is 0.0453. The van der Waals surface area contributed by atoms with Gasteiger partial charge in [-0.1, -0.05) is 17.7 Å². The highest BCUT2D eigenvalue weighted by molar-refractivity contribution is 14.1. The zero-order valence-corrected chi connectivity index (χ0v) is 17.7. The number of urea groups is 1. The van der Waals surface area contributed by atoms with Crippen LogP contribution in [0.25, 0.3) is 6.08 Å². The predicted octanol–water partition coefficient (Wildman–Crippen LogP) is 3.63. The lowest BCUT2D eigenvalue weighted by Crippen LogP contribution is -2.54. The van der Waals surface area contributed by atoms with E-state index in [1.807, 2.05) is 22.6 Å². The standard InChI is InChI=1S/C19H14ClIN2O5/c1-9-3-4-11(20)8-14(9)23-18(26)12(17(25)22-19(23)27)5-10-6-13(21)16(24)15(7-10)28-2/h3-8,24H,1-2H3,(H,22,25,27)/b12-5+. The summed E-state index contributed by atoms with van der Waals surface area (Å²) in [5.74, 6) is -1.44. The number of aryl methyl sites for hydroxylation is 1. The number of carbonyl (C=O) groups is 3. The Hall–Kier alpha value is -2.59. The van der Waals surface area contributed by atoms with Gasteiger partial charge in [-0.25, -0.2) is 9.69 Å². The number of methoxy groups -OCH3 is 1. The topological polar surface area (TPSA) is 95.9 Å². The number of hydrogen-bond donors (Lipinski definition) is 2. The van der Waals surface area contributed by atoms with Crippen molar-refractivity contribution in [3.8, 4) is 11.5 Å². The summed E-state index contributed by atoms with van der Waals surface area (Å²) in [7, 11) is 1.39. The number of aromatic hydroxyl groups is 1. The molecule has 1 fully saturated rings. The highest BCUT2D eigenvalue weighted by Crippen LogP contribution is 2.34. The van der Waals surface area contributed by atoms with E-state index in [9.17, 15) is 19.5 Å². The third kappa shape index (κ3) is 3.69. The molecule has 2 aromatic rings. The van der Waals surface area contributed by atoms with Crippen LogP contribution in [0.2, 0.25) is 5.02 Å². The molecule has 7 nitrogen and oxygen atoms in total. The normalized spacial score (nSPS) is 15.8. The number of phenols is 1. The minimum Gasteiger partial charge on any atom is -0.504 e. The molecule has 0 unspecified atom stereocenters. The quantitative estimate of drug-likeness (QED) is 0.372. The van der Waals surface area contributed by atoms with Gasteiger partial charge in [0.2, 0.25) is 0 Å². The van der Waals surface area contributed by atoms with Crippen LogP contribution in [-0.2, 0) is 9.59 Å². The van der Waals surface area contributed by atoms with Gasteiger partial charge in [-0.05, 0) is 71.0 Å². The lowest BCUT2D eigenvalue weighted by Gasteiger charge is -2.27. The van der Waals surface area contributed by atoms with E-state index in [0.29, 0.717) is 19.7 Å². The fourth-order valence-corrected chi connectivity index (χ4v) is 3.49. The Morgan fingerprint density at radius 3 is 2.61 bits per heavy atom. The Morgan fingerprint density at radius 1 is 1.21 bits per heavy atom. The van der Waals surface area contributed by atoms with Gasteiger partial charge in [0.1, 0.15) is 5.57 Å². The highest BCUT2D eigenvalue weighted by atomic mass is 127. The van der Waals surface area contributed by atoms with Crippen molar-refractivity contribution in [1.82, 2.24) is 5.32 Å². The molecule has 0 aromatic heterocycles. The molecule has 1 aliphatic heterocycles. The third-order valence-electron chi connectivity index (χ3n) is 4.10. The van der Waals surface area contributed by atoms with Crippen molar-refractivity contribution in [2.24, 2.45) is 0 Å². The summed E-state index contributed by atoms with van der Waals surface area (Å²) in [6.07, 6.45) is 1.33. The van der Waals surface area contributed by atoms with E-state index in [1.165, 1.54) is 25.3 Å². The molecule has 0 aliphatic carbocycles. The summed E-state index contributed by atoms with van der Waals surface area (Å²) < 4.78 is 5.57. The first kappa shape index (κ1) is 20.2. The minimum atomic E-state index is -0.851. The van der Waals surface area contributed by atoms with Gasteiger partial charge < -0.3 is 9.84 Å². The van der Waals surface area contributed by atoms with E-state index in [2.05, 4.69) is 5.32 Å². The first-order valence-corrected chi connectivity index (χ1v) is 9.42. The van der Waals surface area contributed by atoms with E-state index in [-0.39, 0.29) is 22.8 Å². The van der Waals surface area contributed by atoms with Crippen LogP contribution >= 0.6 is 34.2 Å². The number of barbiturate groups is 1. The lowest BCUT2D eigenvalue weighted by molar-refractivity contribution is -0.122. The second kappa shape index (κ2) is 7.80. The zero-order chi connectivity index (χ0) is 20.6. The largest absolute Gasteiger partial charge is 0.504 e. The molecule has 0 spiro atoms. The number of rotatable bonds is 3. The summed E-state index contributed by atoms with van der Waals surface area (Å²) in [6, 6.07) is 7.00. The van der Waals surface area contributed by atoms with Crippen LogP contribution in [0, 0.1) is 10.5 Å². The molecule has 0 atom stereocenters. The Labute approximate surface area is 179 Å². The number of hydrogen-bond acceptors (Lipinski definition) is 5. The molecular formula is C19H14ClIN2O5. The number of ether oxygens (including phenoxy) is 1. The molecule has 144 valence electrons. The molecule has 0 bridgehead atoms. The second-order valence-electron chi connectivity index (χ2n) is 5.94. The number of amides is 4. The monoisotopic (exact) mass is 512 g/mol. The van der Waals surface area contributed by atoms with Crippen LogP contribution in [0.3, 0.4) is 0 Å². The van der Waals surface area contributed by atoms with E-state index < -0.39 is 17.8 Å². The molecular weight excluding hydrogens is 499 g/mol. The van der Waals surface area contributed by atoms with Crippen molar-refractivity contribution in [3.05, 3.63) is 55.6 Å². The van der Waals surface area contributed by atoms with Gasteiger partial charge in [0.15, 0.2) is 11.5 Å². The number of anilines is 1. The third-order valence-corrected chi connectivity index (χ3v) is 5.15. The predicted molar refractivity (Wildman–Crippen MR) is 113 cm³/mol. The fraction of sp³-hybridized carbons (Fsp3) is 0.105. The smallest absolute Gasteiger partial charge is 0.335 e. The molecule has 9 heteroatoms. The van der Waals surface area contributed by atoms with Crippen molar-refractivity contribution in [1.29, 1.82) is 0 Å². The molecule has 2 N–H and O–H groups in total. The van der Waals surface area contributed by atoms with Gasteiger partial charge in [-0.2, -0.15) is 0 Å². The van der Waals surface area contributed by atoms with Crippen molar-refractivity contribution in [3.63, 3.8) is 0 Å². The molecule has 2 aromatic carbocycles. The maximum absolute atomic E-state index is 13.0. The summed E-state index contributed by atoms with van der Waals surface area (Å²) in [4.78, 5) is 38.5. The van der Waals surface area contributed by atoms with Crippen molar-refractivity contribution in [2.75, 3.05) is 12.0 Å². The SMILES string of the molecule is COc1cc(/C=C2\C(=O)NC(=O)N(c3cc(Cl)ccc3C)C2=O)cc(I)c1O. The van der Waals surface area contributed by atoms with E-state index in [0.717, 1.165) is 4.90 Å². The van der Waals surface area contributed by atoms with Gasteiger partial charge >= 0.3 is 6.03 Å². The van der Waals surface area contributed by atoms with Crippen LogP contribution in [0.1, 0.15) is 11.1 Å². The van der Waals surface area contributed by atoms with Crippen LogP contribution in [-0.4, -0.2) is 30.1 Å². The number of nitrogens with one attached hydrogen (secondary N) is 1. The van der Waals surface area contributed by atoms with Crippen molar-refractivity contribution in [2.45, 2.75) is 6.92 Å². The number of nitrogens with zero attached hydrogens (tertiary/aromatic N) is 1. The molecule has 1 heterocycles. The van der Waals surface area contributed by atoms with Gasteiger partial charge in [0, 0.05) is 5.02 Å². The van der Waals surface area contributed by atoms with E-state index in [4.69, 9.17) is 16.3 Å². The van der Waals surface area contributed by atoms with Gasteiger partial charge in [0.05, 0.1) is 16.4 Å². The molecule has 1 aliphatic rings. The fourth-order valence-electron chi connectivity index (χ4n) is 2.70. The Morgan fingerprint density at radius 2 is 1.93 bits per heavy atom. The van der Waals surface area contributed by atoms with Gasteiger partial charge in [0.25, 0.3) is 11.8 Å². The van der Waals surface area contributed by atoms with Crippen LogP contribution < -0.4 is 15.0 Å². The average Bonchev–Trinajstić information content (AvgIpc) is 2.64. The average molecular weight is 513 g/mol. The molecule has 28 heavy (non-hydrogen) atoms. The summed E-state index contributed by atoms with van der Waals surface area (Å²) in [6.45, 7) is 1.72. The summed E-state index contributed by atoms with van der Waals surface area (Å²) >= 11 is 7.91. The molecule has 1 saturated heterocycles. The number of imide groups is 2. The Bertz CT molecular complexity index is 1050. The van der Waals surface area contributed by atoms with E-state index >= 15 is 0 Å². The van der Waals surface area contributed by atoms with Crippen molar-refractivity contribution < 1.29 is 24.2 Å². The van der Waals surface area contributed by atoms with Crippen LogP contribution in [0.5, 0.6) is 11.5 Å². The van der Waals surface area contributed by atoms with Gasteiger partial charge in [-0.3, -0.25) is 14.9 Å². The molecule has 0 radical (unpaired) electrons. The summed E-state index contributed by atoms with van der Waals surface area (Å²) in [5.41, 5.74) is 1.14. The van der Waals surface area contributed by atoms with Gasteiger partial charge in [-0.15, -0.1) is 0 Å². The maximum atomic E-state index is 13.0. The second-order valence-corrected chi connectivity index (χ2v) is 7.54. The number of carbonyl (C=O) groups excluding carboxylic acids is 3. The Kier molecular flexibility index (Phi) is 5.61. The first-order valence-electron chi connectivity index (χ1n) is 7.97. The Balaban J connectivity index is 2.09. The molecule has 4 amide bonds. The zero-order valence-electron chi connectivity index (χ0n) is 14.7. The first-order chi connectivity index (χ1) is 13.2. The van der Waals surface area contributed by atoms with Crippen molar-refractivity contribution >= 4 is 63.8 Å². The van der Waals surface area contributed by atoms with E-state index in [1.54, 1.807) is 25.1 Å². The summed E-state index contributed by atoms with van der Waals surface area (Å²) in [5, 5.41) is 12.5. The maximum Gasteiger partial charge on any atom is 0.335 e. The number of halogens is 2. The van der Waals surface area contributed by atoms with Crippen LogP contribution in [0.4, 0.5) is 10.5 Å². The lowest BCUT2D eigenvalue weighted by atomic mass is 10.1. The number of phenolic OH excluding ortho intramolecular Hbond substituents is 1. The highest BCUT2D eigenvalue weighted by Gasteiger charge is 2.37. The molecule has 3 rings (SSSR count). The molecule has 0 saturated carbocycles. The van der Waals surface area contributed by atoms with Crippen LogP contribution in [0.15, 0.2) is 35.9 Å².